The number of carbonyl (C=O) groups is 1. The minimum atomic E-state index is -4.10. The lowest BCUT2D eigenvalue weighted by Gasteiger charge is -2.29. The van der Waals surface area contributed by atoms with Gasteiger partial charge in [0.15, 0.2) is 64.7 Å². The Bertz CT molecular complexity index is 2880. The van der Waals surface area contributed by atoms with Crippen molar-refractivity contribution in [3.05, 3.63) is 61.2 Å². The van der Waals surface area contributed by atoms with Crippen molar-refractivity contribution in [2.45, 2.75) is 167 Å². The number of fused-ring (bicyclic) bond motifs is 4. The first-order valence-corrected chi connectivity index (χ1v) is 29.1. The molecular formula is C49H70F2N10O15P2. The van der Waals surface area contributed by atoms with Crippen LogP contribution in [0.4, 0.5) is 20.4 Å². The van der Waals surface area contributed by atoms with Gasteiger partial charge in [0, 0.05) is 5.56 Å². The molecule has 4 aliphatic rings. The summed E-state index contributed by atoms with van der Waals surface area (Å²) in [7, 11) is -8.14. The molecule has 8 atom stereocenters. The predicted octanol–water partition coefficient (Wildman–Crippen LogP) is 9.43. The summed E-state index contributed by atoms with van der Waals surface area (Å²) in [5, 5.41) is 2.74. The summed E-state index contributed by atoms with van der Waals surface area (Å²) in [4.78, 5) is 38.0. The van der Waals surface area contributed by atoms with Crippen LogP contribution in [0.5, 0.6) is 0 Å². The number of carbonyl (C=O) groups excluding carboxylic acids is 1. The SMILES string of the molecule is CCCCOP(=O)(OCCCC)OC[C@@]1(F)O[C@@H](n2cnc3c(N)ncnc32)[C@H]2OC(C)(C)OC21.CCCCOP(=O)(OCCCC)OC[C@@]1(F)O[C@@H](n2cnc3c(NC(=O)c4ccccc4)ncnc32)[C@H]2OC(C)(C)OC21. The van der Waals surface area contributed by atoms with Gasteiger partial charge in [-0.15, -0.1) is 0 Å². The number of anilines is 2. The van der Waals surface area contributed by atoms with Gasteiger partial charge in [-0.3, -0.25) is 41.1 Å². The third-order valence-electron chi connectivity index (χ3n) is 12.7. The average Bonchev–Trinajstić information content (AvgIpc) is 4.44. The number of nitrogens with two attached hydrogens (primary N) is 1. The summed E-state index contributed by atoms with van der Waals surface area (Å²) in [5.41, 5.74) is 7.54. The minimum absolute atomic E-state index is 0.130. The highest BCUT2D eigenvalue weighted by Crippen LogP contribution is 2.56. The maximum atomic E-state index is 16.7. The topological polar surface area (TPSA) is 287 Å². The molecule has 3 N–H and O–H groups in total. The molecule has 8 heterocycles. The van der Waals surface area contributed by atoms with Crippen LogP contribution in [-0.2, 0) is 64.7 Å². The Morgan fingerprint density at radius 3 is 1.47 bits per heavy atom. The van der Waals surface area contributed by atoms with Gasteiger partial charge in [0.1, 0.15) is 43.6 Å². The van der Waals surface area contributed by atoms with E-state index in [2.05, 4.69) is 35.2 Å². The van der Waals surface area contributed by atoms with Gasteiger partial charge in [0.2, 0.25) is 0 Å². The first-order valence-electron chi connectivity index (χ1n) is 26.2. The average molecular weight is 1140 g/mol. The number of benzene rings is 1. The molecule has 430 valence electrons. The number of alkyl halides is 2. The van der Waals surface area contributed by atoms with Gasteiger partial charge in [-0.05, 0) is 65.5 Å². The number of nitrogens with zero attached hydrogens (tertiary/aromatic N) is 8. The highest BCUT2D eigenvalue weighted by atomic mass is 31.2. The van der Waals surface area contributed by atoms with Gasteiger partial charge in [-0.25, -0.2) is 47.8 Å². The van der Waals surface area contributed by atoms with E-state index < -0.39 is 89.0 Å². The number of ether oxygens (including phenoxy) is 6. The number of nitrogen functional groups attached to an aromatic ring is 1. The predicted molar refractivity (Wildman–Crippen MR) is 276 cm³/mol. The molecule has 0 spiro atoms. The van der Waals surface area contributed by atoms with Crippen LogP contribution in [0.1, 0.15) is 130 Å². The minimum Gasteiger partial charge on any atom is -0.382 e. The molecule has 4 aromatic heterocycles. The van der Waals surface area contributed by atoms with Gasteiger partial charge in [0.05, 0.1) is 39.1 Å². The van der Waals surface area contributed by atoms with E-state index >= 15 is 8.78 Å². The lowest BCUT2D eigenvalue weighted by molar-refractivity contribution is -0.263. The number of nitrogens with one attached hydrogen (secondary N) is 1. The van der Waals surface area contributed by atoms with Crippen LogP contribution in [0.25, 0.3) is 22.3 Å². The molecule has 0 aliphatic carbocycles. The number of imidazole rings is 2. The third-order valence-corrected chi connectivity index (χ3v) is 15.6. The van der Waals surface area contributed by atoms with Gasteiger partial charge in [-0.2, -0.15) is 0 Å². The fourth-order valence-corrected chi connectivity index (χ4v) is 11.3. The Balaban J connectivity index is 0.000000210. The van der Waals surface area contributed by atoms with Crippen molar-refractivity contribution in [2.24, 2.45) is 0 Å². The second-order valence-electron chi connectivity index (χ2n) is 19.8. The van der Waals surface area contributed by atoms with E-state index in [1.54, 1.807) is 58.0 Å². The zero-order chi connectivity index (χ0) is 55.9. The van der Waals surface area contributed by atoms with Gasteiger partial charge in [0.25, 0.3) is 17.6 Å². The number of aromatic nitrogens is 8. The number of amides is 1. The Morgan fingerprint density at radius 1 is 0.603 bits per heavy atom. The van der Waals surface area contributed by atoms with Crippen LogP contribution in [0.15, 0.2) is 55.6 Å². The number of hydrogen-bond acceptors (Lipinski definition) is 22. The molecule has 4 saturated heterocycles. The molecule has 0 saturated carbocycles. The monoisotopic (exact) mass is 1140 g/mol. The number of rotatable bonds is 26. The number of phosphoric acid groups is 2. The number of halogens is 2. The van der Waals surface area contributed by atoms with Gasteiger partial charge >= 0.3 is 15.6 Å². The molecule has 4 aliphatic heterocycles. The van der Waals surface area contributed by atoms with E-state index in [0.29, 0.717) is 42.4 Å². The van der Waals surface area contributed by atoms with Gasteiger partial charge in [-0.1, -0.05) is 71.6 Å². The molecule has 25 nitrogen and oxygen atoms in total. The molecule has 9 rings (SSSR count). The van der Waals surface area contributed by atoms with Crippen molar-refractivity contribution >= 4 is 55.5 Å². The second-order valence-corrected chi connectivity index (χ2v) is 23.1. The third kappa shape index (κ3) is 13.6. The van der Waals surface area contributed by atoms with Crippen molar-refractivity contribution < 1.29 is 78.3 Å². The van der Waals surface area contributed by atoms with E-state index in [9.17, 15) is 13.9 Å². The van der Waals surface area contributed by atoms with Crippen molar-refractivity contribution in [1.29, 1.82) is 0 Å². The van der Waals surface area contributed by atoms with Crippen LogP contribution in [0, 0.1) is 0 Å². The van der Waals surface area contributed by atoms with E-state index in [0.717, 1.165) is 25.7 Å². The van der Waals surface area contributed by atoms with Crippen LogP contribution in [0.3, 0.4) is 0 Å². The smallest absolute Gasteiger partial charge is 0.382 e. The number of phosphoric ester groups is 2. The first-order chi connectivity index (χ1) is 37.2. The highest BCUT2D eigenvalue weighted by molar-refractivity contribution is 7.48. The molecule has 4 fully saturated rings. The van der Waals surface area contributed by atoms with E-state index in [1.807, 2.05) is 27.7 Å². The zero-order valence-corrected chi connectivity index (χ0v) is 46.8. The Morgan fingerprint density at radius 2 is 1.03 bits per heavy atom. The van der Waals surface area contributed by atoms with Crippen LogP contribution in [0.2, 0.25) is 0 Å². The molecule has 1 amide bonds. The maximum absolute atomic E-state index is 16.7. The van der Waals surface area contributed by atoms with E-state index in [1.165, 1.54) is 34.4 Å². The fraction of sp³-hybridized carbons (Fsp3) is 0.653. The summed E-state index contributed by atoms with van der Waals surface area (Å²) in [6.45, 7) is 13.5. The van der Waals surface area contributed by atoms with Gasteiger partial charge < -0.3 is 39.5 Å². The van der Waals surface area contributed by atoms with Crippen LogP contribution in [-0.4, -0.2) is 132 Å². The quantitative estimate of drug-likeness (QED) is 0.0385. The van der Waals surface area contributed by atoms with Crippen LogP contribution < -0.4 is 11.1 Å². The lowest BCUT2D eigenvalue weighted by Crippen LogP contribution is -2.43. The highest BCUT2D eigenvalue weighted by Gasteiger charge is 2.67. The first kappa shape index (κ1) is 59.5. The lowest BCUT2D eigenvalue weighted by atomic mass is 10.1. The number of hydrogen-bond donors (Lipinski definition) is 2. The summed E-state index contributed by atoms with van der Waals surface area (Å²) in [5.74, 6) is -7.43. The molecule has 5 aromatic rings. The fourth-order valence-electron chi connectivity index (χ4n) is 8.79. The van der Waals surface area contributed by atoms with Crippen LogP contribution >= 0.6 is 15.6 Å². The van der Waals surface area contributed by atoms with Crippen molar-refractivity contribution in [3.8, 4) is 0 Å². The molecule has 1 aromatic carbocycles. The Labute approximate surface area is 450 Å². The zero-order valence-electron chi connectivity index (χ0n) is 45.0. The molecule has 0 bridgehead atoms. The Hall–Kier alpha value is -4.57. The number of unbranched alkanes of at least 4 members (excludes halogenated alkanes) is 4. The summed E-state index contributed by atoms with van der Waals surface area (Å²) in [6, 6.07) is 8.64. The summed E-state index contributed by atoms with van der Waals surface area (Å²) < 4.78 is 131. The van der Waals surface area contributed by atoms with Crippen molar-refractivity contribution in [1.82, 2.24) is 39.0 Å². The molecule has 29 heteroatoms. The summed E-state index contributed by atoms with van der Waals surface area (Å²) >= 11 is 0. The normalized spacial score (nSPS) is 26.3. The Kier molecular flexibility index (Phi) is 19.1. The standard InChI is InChI=1S/C28H37FN5O8P.C21H33FN5O7P/c1-5-7-14-37-43(36,38-15-8-6-2)39-16-28(29)22-21(40-27(3,4)41-22)26(42-28)34-18-32-20-23(30-17-31-24(20)34)33-25(35)19-12-10-9-11-13-19;1-5-7-9-29-35(28,30-10-8-6-2)31-11-21(22)16-15(32-20(3,4)33-16)19(34-21)27-13-26-14-17(23)24-12-25-18(14)27/h9-13,17-18,21-22,26H,5-8,14-16H2,1-4H3,(H,30,31,33,35);12-13,15-16,19H,5-11H2,1-4H3,(H2,23,24,25)/t21-,22?,26+,28+;15-,16?,19+,21+/m00/s1. The molecule has 78 heavy (non-hydrogen) atoms. The van der Waals surface area contributed by atoms with Crippen molar-refractivity contribution in [2.75, 3.05) is 50.7 Å². The van der Waals surface area contributed by atoms with E-state index in [-0.39, 0.29) is 55.1 Å². The summed E-state index contributed by atoms with van der Waals surface area (Å²) in [6.07, 6.45) is 4.74. The van der Waals surface area contributed by atoms with E-state index in [4.69, 9.17) is 61.3 Å². The maximum Gasteiger partial charge on any atom is 0.474 e. The largest absolute Gasteiger partial charge is 0.474 e. The van der Waals surface area contributed by atoms with Crippen molar-refractivity contribution in [3.63, 3.8) is 0 Å². The molecule has 2 unspecified atom stereocenters. The molecular weight excluding hydrogens is 1070 g/mol. The second kappa shape index (κ2) is 25.1. The molecule has 0 radical (unpaired) electrons.